The fourth-order valence-electron chi connectivity index (χ4n) is 1.79. The molecule has 0 saturated carbocycles. The van der Waals surface area contributed by atoms with Crippen molar-refractivity contribution in [1.82, 2.24) is 0 Å². The standard InChI is InChI=1S/C15H11Cl2FN2/c1-9-4-14(17)15(6-13(9)16)20-8-11-5-12(18)3-2-10(11)7-19/h2-6,20H,8H2,1H3. The number of nitriles is 1. The average Bonchev–Trinajstić information content (AvgIpc) is 2.41. The molecule has 2 aromatic rings. The van der Waals surface area contributed by atoms with Crippen LogP contribution < -0.4 is 5.32 Å². The third-order valence-electron chi connectivity index (χ3n) is 2.91. The maximum atomic E-state index is 13.2. The van der Waals surface area contributed by atoms with Crippen molar-refractivity contribution in [2.24, 2.45) is 0 Å². The van der Waals surface area contributed by atoms with Gasteiger partial charge in [0.15, 0.2) is 0 Å². The number of rotatable bonds is 3. The molecule has 2 rings (SSSR count). The summed E-state index contributed by atoms with van der Waals surface area (Å²) in [5.41, 5.74) is 2.52. The molecule has 102 valence electrons. The van der Waals surface area contributed by atoms with Crippen molar-refractivity contribution in [3.05, 3.63) is 62.9 Å². The van der Waals surface area contributed by atoms with Gasteiger partial charge >= 0.3 is 0 Å². The quantitative estimate of drug-likeness (QED) is 0.873. The normalized spacial score (nSPS) is 10.2. The van der Waals surface area contributed by atoms with Gasteiger partial charge in [0.05, 0.1) is 22.3 Å². The lowest BCUT2D eigenvalue weighted by Gasteiger charge is -2.11. The van der Waals surface area contributed by atoms with Crippen LogP contribution in [0.25, 0.3) is 0 Å². The molecule has 0 spiro atoms. The number of hydrogen-bond donors (Lipinski definition) is 1. The molecule has 0 aliphatic heterocycles. The van der Waals surface area contributed by atoms with Crippen molar-refractivity contribution in [2.75, 3.05) is 5.32 Å². The second kappa shape index (κ2) is 6.13. The minimum atomic E-state index is -0.381. The van der Waals surface area contributed by atoms with Crippen LogP contribution in [-0.4, -0.2) is 0 Å². The molecule has 0 heterocycles. The van der Waals surface area contributed by atoms with Crippen LogP contribution in [0.5, 0.6) is 0 Å². The predicted molar refractivity (Wildman–Crippen MR) is 79.6 cm³/mol. The summed E-state index contributed by atoms with van der Waals surface area (Å²) in [7, 11) is 0. The summed E-state index contributed by atoms with van der Waals surface area (Å²) in [6.45, 7) is 2.15. The molecule has 5 heteroatoms. The predicted octanol–water partition coefficient (Wildman–Crippen LogP) is 4.92. The Hall–Kier alpha value is -1.76. The van der Waals surface area contributed by atoms with Crippen molar-refractivity contribution >= 4 is 28.9 Å². The largest absolute Gasteiger partial charge is 0.380 e. The summed E-state index contributed by atoms with van der Waals surface area (Å²) in [6.07, 6.45) is 0. The second-order valence-corrected chi connectivity index (χ2v) is 5.16. The van der Waals surface area contributed by atoms with Crippen LogP contribution in [0.2, 0.25) is 10.0 Å². The minimum absolute atomic E-state index is 0.291. The van der Waals surface area contributed by atoms with Crippen molar-refractivity contribution in [3.63, 3.8) is 0 Å². The van der Waals surface area contributed by atoms with Crippen molar-refractivity contribution in [2.45, 2.75) is 13.5 Å². The topological polar surface area (TPSA) is 35.8 Å². The van der Waals surface area contributed by atoms with E-state index in [1.165, 1.54) is 18.2 Å². The van der Waals surface area contributed by atoms with E-state index in [4.69, 9.17) is 28.5 Å². The Labute approximate surface area is 126 Å². The Kier molecular flexibility index (Phi) is 4.49. The molecule has 0 bridgehead atoms. The molecule has 0 amide bonds. The van der Waals surface area contributed by atoms with E-state index in [-0.39, 0.29) is 5.82 Å². The number of nitrogens with zero attached hydrogens (tertiary/aromatic N) is 1. The van der Waals surface area contributed by atoms with Crippen LogP contribution in [0.3, 0.4) is 0 Å². The van der Waals surface area contributed by atoms with E-state index in [0.717, 1.165) is 5.56 Å². The summed E-state index contributed by atoms with van der Waals surface area (Å²) < 4.78 is 13.2. The smallest absolute Gasteiger partial charge is 0.123 e. The Bertz CT molecular complexity index is 693. The van der Waals surface area contributed by atoms with Gasteiger partial charge in [-0.2, -0.15) is 5.26 Å². The van der Waals surface area contributed by atoms with E-state index in [0.29, 0.717) is 33.4 Å². The third kappa shape index (κ3) is 3.22. The fourth-order valence-corrected chi connectivity index (χ4v) is 2.24. The molecule has 0 unspecified atom stereocenters. The Morgan fingerprint density at radius 2 is 1.95 bits per heavy atom. The van der Waals surface area contributed by atoms with E-state index in [2.05, 4.69) is 5.32 Å². The van der Waals surface area contributed by atoms with Crippen molar-refractivity contribution in [1.29, 1.82) is 5.26 Å². The summed E-state index contributed by atoms with van der Waals surface area (Å²) >= 11 is 12.2. The number of benzene rings is 2. The molecule has 2 aromatic carbocycles. The van der Waals surface area contributed by atoms with Crippen molar-refractivity contribution < 1.29 is 4.39 Å². The first-order valence-corrected chi connectivity index (χ1v) is 6.65. The maximum Gasteiger partial charge on any atom is 0.123 e. The van der Waals surface area contributed by atoms with Gasteiger partial charge in [0.25, 0.3) is 0 Å². The van der Waals surface area contributed by atoms with Crippen LogP contribution in [0, 0.1) is 24.1 Å². The lowest BCUT2D eigenvalue weighted by Crippen LogP contribution is -2.03. The highest BCUT2D eigenvalue weighted by molar-refractivity contribution is 6.35. The van der Waals surface area contributed by atoms with Gasteiger partial charge in [-0.3, -0.25) is 0 Å². The molecule has 2 nitrogen and oxygen atoms in total. The molecule has 0 atom stereocenters. The summed E-state index contributed by atoms with van der Waals surface area (Å²) in [5.74, 6) is -0.381. The highest BCUT2D eigenvalue weighted by atomic mass is 35.5. The first-order chi connectivity index (χ1) is 9.51. The molecule has 0 fully saturated rings. The highest BCUT2D eigenvalue weighted by Gasteiger charge is 2.07. The van der Waals surface area contributed by atoms with Crippen LogP contribution in [0.15, 0.2) is 30.3 Å². The van der Waals surface area contributed by atoms with Gasteiger partial charge in [-0.05, 0) is 48.4 Å². The lowest BCUT2D eigenvalue weighted by molar-refractivity contribution is 0.625. The monoisotopic (exact) mass is 308 g/mol. The summed E-state index contributed by atoms with van der Waals surface area (Å²) in [5, 5.41) is 13.2. The second-order valence-electron chi connectivity index (χ2n) is 4.35. The van der Waals surface area contributed by atoms with Gasteiger partial charge in [0.1, 0.15) is 5.82 Å². The maximum absolute atomic E-state index is 13.2. The zero-order valence-electron chi connectivity index (χ0n) is 10.7. The van der Waals surface area contributed by atoms with Gasteiger partial charge in [-0.1, -0.05) is 23.2 Å². The average molecular weight is 309 g/mol. The first-order valence-electron chi connectivity index (χ1n) is 5.89. The highest BCUT2D eigenvalue weighted by Crippen LogP contribution is 2.29. The van der Waals surface area contributed by atoms with Gasteiger partial charge in [0, 0.05) is 11.6 Å². The zero-order valence-corrected chi connectivity index (χ0v) is 12.2. The Morgan fingerprint density at radius 1 is 1.20 bits per heavy atom. The molecule has 0 aromatic heterocycles. The number of aryl methyl sites for hydroxylation is 1. The molecule has 0 saturated heterocycles. The van der Waals surface area contributed by atoms with Crippen LogP contribution in [0.1, 0.15) is 16.7 Å². The van der Waals surface area contributed by atoms with Crippen LogP contribution >= 0.6 is 23.2 Å². The molecule has 1 N–H and O–H groups in total. The van der Waals surface area contributed by atoms with E-state index in [1.54, 1.807) is 12.1 Å². The number of hydrogen-bond acceptors (Lipinski definition) is 2. The van der Waals surface area contributed by atoms with Gasteiger partial charge in [-0.15, -0.1) is 0 Å². The van der Waals surface area contributed by atoms with Gasteiger partial charge in [-0.25, -0.2) is 4.39 Å². The molecular weight excluding hydrogens is 298 g/mol. The number of nitrogens with one attached hydrogen (secondary N) is 1. The van der Waals surface area contributed by atoms with Crippen LogP contribution in [0.4, 0.5) is 10.1 Å². The fraction of sp³-hybridized carbons (Fsp3) is 0.133. The zero-order chi connectivity index (χ0) is 14.7. The number of anilines is 1. The number of halogens is 3. The SMILES string of the molecule is Cc1cc(Cl)c(NCc2cc(F)ccc2C#N)cc1Cl. The van der Waals surface area contributed by atoms with Gasteiger partial charge < -0.3 is 5.32 Å². The van der Waals surface area contributed by atoms with E-state index in [9.17, 15) is 4.39 Å². The van der Waals surface area contributed by atoms with Crippen molar-refractivity contribution in [3.8, 4) is 6.07 Å². The van der Waals surface area contributed by atoms with Crippen LogP contribution in [-0.2, 0) is 6.54 Å². The minimum Gasteiger partial charge on any atom is -0.380 e. The molecular formula is C15H11Cl2FN2. The Morgan fingerprint density at radius 3 is 2.65 bits per heavy atom. The Balaban J connectivity index is 2.23. The van der Waals surface area contributed by atoms with E-state index >= 15 is 0 Å². The molecule has 20 heavy (non-hydrogen) atoms. The van der Waals surface area contributed by atoms with E-state index in [1.807, 2.05) is 13.0 Å². The van der Waals surface area contributed by atoms with Gasteiger partial charge in [0.2, 0.25) is 0 Å². The molecule has 0 radical (unpaired) electrons. The lowest BCUT2D eigenvalue weighted by atomic mass is 10.1. The van der Waals surface area contributed by atoms with E-state index < -0.39 is 0 Å². The molecule has 0 aliphatic carbocycles. The molecule has 0 aliphatic rings. The summed E-state index contributed by atoms with van der Waals surface area (Å²) in [6, 6.07) is 9.54. The summed E-state index contributed by atoms with van der Waals surface area (Å²) in [4.78, 5) is 0. The third-order valence-corrected chi connectivity index (χ3v) is 3.63. The first kappa shape index (κ1) is 14.6.